The second-order valence-electron chi connectivity index (χ2n) is 4.60. The third-order valence-electron chi connectivity index (χ3n) is 3.23. The molecule has 0 aliphatic carbocycles. The summed E-state index contributed by atoms with van der Waals surface area (Å²) in [7, 11) is 1.46. The molecule has 0 saturated carbocycles. The number of aliphatic carboxylic acids is 1. The molecule has 0 aliphatic heterocycles. The van der Waals surface area contributed by atoms with Crippen LogP contribution in [0, 0.1) is 6.92 Å². The molecule has 0 atom stereocenters. The van der Waals surface area contributed by atoms with Crippen molar-refractivity contribution in [2.75, 3.05) is 0 Å². The third-order valence-corrected chi connectivity index (χ3v) is 3.23. The van der Waals surface area contributed by atoms with Crippen LogP contribution >= 0.6 is 0 Å². The molecule has 114 valence electrons. The number of hydrogen-bond acceptors (Lipinski definition) is 3. The van der Waals surface area contributed by atoms with Crippen molar-refractivity contribution < 1.29 is 23.1 Å². The molecule has 0 fully saturated rings. The van der Waals surface area contributed by atoms with Crippen LogP contribution in [0.4, 0.5) is 13.2 Å². The first kappa shape index (κ1) is 15.1. The summed E-state index contributed by atoms with van der Waals surface area (Å²) in [6, 6.07) is 0.485. The number of carboxylic acid groups (broad SMARTS) is 1. The minimum Gasteiger partial charge on any atom is -0.481 e. The minimum absolute atomic E-state index is 0.156. The van der Waals surface area contributed by atoms with Crippen LogP contribution in [-0.4, -0.2) is 25.4 Å². The first-order valence-electron chi connectivity index (χ1n) is 5.99. The zero-order valence-corrected chi connectivity index (χ0v) is 11.2. The number of carboxylic acids is 1. The number of alkyl halides is 3. The van der Waals surface area contributed by atoms with Crippen molar-refractivity contribution in [3.8, 4) is 0 Å². The first-order chi connectivity index (χ1) is 9.62. The van der Waals surface area contributed by atoms with Crippen LogP contribution in [0.3, 0.4) is 0 Å². The number of carbonyl (C=O) groups is 1. The summed E-state index contributed by atoms with van der Waals surface area (Å²) >= 11 is 0. The summed E-state index contributed by atoms with van der Waals surface area (Å²) in [6.45, 7) is 1.22. The van der Waals surface area contributed by atoms with Crippen LogP contribution in [-0.2, 0) is 24.6 Å². The molecule has 9 heteroatoms. The van der Waals surface area contributed by atoms with Crippen LogP contribution in [0.25, 0.3) is 11.0 Å². The minimum atomic E-state index is -4.68. The van der Waals surface area contributed by atoms with E-state index in [1.165, 1.54) is 18.7 Å². The largest absolute Gasteiger partial charge is 0.481 e. The Kier molecular flexibility index (Phi) is 3.52. The van der Waals surface area contributed by atoms with E-state index >= 15 is 0 Å². The van der Waals surface area contributed by atoms with E-state index in [0.717, 1.165) is 4.57 Å². The molecule has 1 N–H and O–H groups in total. The van der Waals surface area contributed by atoms with Crippen molar-refractivity contribution in [3.63, 3.8) is 0 Å². The van der Waals surface area contributed by atoms with Gasteiger partial charge in [0.05, 0.1) is 17.4 Å². The quantitative estimate of drug-likeness (QED) is 0.933. The van der Waals surface area contributed by atoms with E-state index < -0.39 is 23.3 Å². The van der Waals surface area contributed by atoms with E-state index in [1.807, 2.05) is 0 Å². The number of pyridine rings is 1. The van der Waals surface area contributed by atoms with Gasteiger partial charge in [0.15, 0.2) is 5.65 Å². The molecule has 0 aromatic carbocycles. The smallest absolute Gasteiger partial charge is 0.417 e. The van der Waals surface area contributed by atoms with E-state index in [9.17, 15) is 22.8 Å². The van der Waals surface area contributed by atoms with E-state index in [2.05, 4.69) is 5.10 Å². The zero-order valence-electron chi connectivity index (χ0n) is 11.2. The predicted molar refractivity (Wildman–Crippen MR) is 67.0 cm³/mol. The standard InChI is InChI=1S/C12H12F3N3O3/c1-6-10-7(12(13,14)15)5-8(19)18(4-3-9(20)21)11(10)16-17(6)2/h5H,3-4H2,1-2H3,(H,20,21). The number of fused-ring (bicyclic) bond motifs is 1. The third kappa shape index (κ3) is 2.63. The summed E-state index contributed by atoms with van der Waals surface area (Å²) in [6.07, 6.45) is -5.06. The van der Waals surface area contributed by atoms with E-state index in [1.54, 1.807) is 0 Å². The number of nitrogens with zero attached hydrogens (tertiary/aromatic N) is 3. The molecule has 2 rings (SSSR count). The molecule has 0 radical (unpaired) electrons. The topological polar surface area (TPSA) is 77.1 Å². The lowest BCUT2D eigenvalue weighted by molar-refractivity contribution is -0.138. The van der Waals surface area contributed by atoms with Gasteiger partial charge in [0.1, 0.15) is 0 Å². The average Bonchev–Trinajstić information content (AvgIpc) is 2.62. The van der Waals surface area contributed by atoms with Gasteiger partial charge in [0.25, 0.3) is 5.56 Å². The van der Waals surface area contributed by atoms with Gasteiger partial charge in [-0.15, -0.1) is 0 Å². The number of aromatic nitrogens is 3. The Hall–Kier alpha value is -2.32. The number of hydrogen-bond donors (Lipinski definition) is 1. The Morgan fingerprint density at radius 3 is 2.57 bits per heavy atom. The van der Waals surface area contributed by atoms with Crippen molar-refractivity contribution in [2.24, 2.45) is 7.05 Å². The highest BCUT2D eigenvalue weighted by molar-refractivity contribution is 5.83. The van der Waals surface area contributed by atoms with E-state index in [4.69, 9.17) is 5.11 Å². The van der Waals surface area contributed by atoms with Crippen LogP contribution in [0.1, 0.15) is 17.7 Å². The maximum absolute atomic E-state index is 13.1. The van der Waals surface area contributed by atoms with Gasteiger partial charge in [-0.3, -0.25) is 18.8 Å². The fourth-order valence-corrected chi connectivity index (χ4v) is 2.12. The molecular weight excluding hydrogens is 291 g/mol. The van der Waals surface area contributed by atoms with Gasteiger partial charge in [-0.25, -0.2) is 0 Å². The second-order valence-corrected chi connectivity index (χ2v) is 4.60. The zero-order chi connectivity index (χ0) is 15.9. The van der Waals surface area contributed by atoms with Gasteiger partial charge >= 0.3 is 12.1 Å². The SMILES string of the molecule is Cc1c2c(C(F)(F)F)cc(=O)n(CCC(=O)O)c2nn1C. The molecule has 0 bridgehead atoms. The highest BCUT2D eigenvalue weighted by Gasteiger charge is 2.35. The maximum Gasteiger partial charge on any atom is 0.417 e. The summed E-state index contributed by atoms with van der Waals surface area (Å²) in [4.78, 5) is 22.5. The Labute approximate surface area is 116 Å². The summed E-state index contributed by atoms with van der Waals surface area (Å²) in [5, 5.41) is 12.4. The fourth-order valence-electron chi connectivity index (χ4n) is 2.12. The Morgan fingerprint density at radius 1 is 1.43 bits per heavy atom. The molecular formula is C12H12F3N3O3. The predicted octanol–water partition coefficient (Wildman–Crippen LogP) is 1.54. The van der Waals surface area contributed by atoms with E-state index in [0.29, 0.717) is 6.07 Å². The molecule has 21 heavy (non-hydrogen) atoms. The molecule has 2 heterocycles. The maximum atomic E-state index is 13.1. The van der Waals surface area contributed by atoms with Gasteiger partial charge in [-0.05, 0) is 6.92 Å². The molecule has 2 aromatic heterocycles. The van der Waals surface area contributed by atoms with Crippen LogP contribution in [0.2, 0.25) is 0 Å². The fraction of sp³-hybridized carbons (Fsp3) is 0.417. The van der Waals surface area contributed by atoms with Crippen LogP contribution < -0.4 is 5.56 Å². The Bertz CT molecular complexity index is 774. The molecule has 0 amide bonds. The monoisotopic (exact) mass is 303 g/mol. The lowest BCUT2D eigenvalue weighted by Crippen LogP contribution is -2.24. The van der Waals surface area contributed by atoms with Gasteiger partial charge in [0, 0.05) is 25.4 Å². The lowest BCUT2D eigenvalue weighted by atomic mass is 10.1. The summed E-state index contributed by atoms with van der Waals surface area (Å²) < 4.78 is 41.3. The highest BCUT2D eigenvalue weighted by atomic mass is 19.4. The Balaban J connectivity index is 2.79. The van der Waals surface area contributed by atoms with Crippen molar-refractivity contribution >= 4 is 17.0 Å². The number of aryl methyl sites for hydroxylation is 3. The molecule has 0 unspecified atom stereocenters. The lowest BCUT2D eigenvalue weighted by Gasteiger charge is -2.11. The van der Waals surface area contributed by atoms with Gasteiger partial charge < -0.3 is 5.11 Å². The highest BCUT2D eigenvalue weighted by Crippen LogP contribution is 2.34. The molecule has 2 aromatic rings. The van der Waals surface area contributed by atoms with Gasteiger partial charge in [-0.1, -0.05) is 0 Å². The Morgan fingerprint density at radius 2 is 2.05 bits per heavy atom. The van der Waals surface area contributed by atoms with Gasteiger partial charge in [-0.2, -0.15) is 18.3 Å². The first-order valence-corrected chi connectivity index (χ1v) is 5.99. The summed E-state index contributed by atoms with van der Waals surface area (Å²) in [5.41, 5.74) is -1.88. The normalized spacial score (nSPS) is 12.0. The molecule has 6 nitrogen and oxygen atoms in total. The molecule has 0 spiro atoms. The van der Waals surface area contributed by atoms with Crippen molar-refractivity contribution in [3.05, 3.63) is 27.7 Å². The number of rotatable bonds is 3. The van der Waals surface area contributed by atoms with Crippen molar-refractivity contribution in [1.82, 2.24) is 14.3 Å². The number of halogens is 3. The average molecular weight is 303 g/mol. The van der Waals surface area contributed by atoms with Crippen LogP contribution in [0.15, 0.2) is 10.9 Å². The second kappa shape index (κ2) is 4.90. The van der Waals surface area contributed by atoms with Gasteiger partial charge in [0.2, 0.25) is 0 Å². The van der Waals surface area contributed by atoms with Crippen molar-refractivity contribution in [1.29, 1.82) is 0 Å². The van der Waals surface area contributed by atoms with Crippen LogP contribution in [0.5, 0.6) is 0 Å². The summed E-state index contributed by atoms with van der Waals surface area (Å²) in [5.74, 6) is -1.15. The van der Waals surface area contributed by atoms with Crippen molar-refractivity contribution in [2.45, 2.75) is 26.1 Å². The van der Waals surface area contributed by atoms with E-state index in [-0.39, 0.29) is 29.7 Å². The molecule has 0 saturated heterocycles. The molecule has 0 aliphatic rings.